The van der Waals surface area contributed by atoms with Gasteiger partial charge < -0.3 is 20.3 Å². The molecule has 0 atom stereocenters. The molecule has 1 aromatic carbocycles. The summed E-state index contributed by atoms with van der Waals surface area (Å²) in [6.45, 7) is 1.16. The van der Waals surface area contributed by atoms with Gasteiger partial charge in [-0.1, -0.05) is 24.3 Å². The molecule has 0 aliphatic heterocycles. The van der Waals surface area contributed by atoms with Crippen LogP contribution < -0.4 is 5.32 Å². The lowest BCUT2D eigenvalue weighted by atomic mass is 10.1. The molecule has 20 heavy (non-hydrogen) atoms. The van der Waals surface area contributed by atoms with Crippen molar-refractivity contribution in [3.8, 4) is 0 Å². The number of aliphatic hydroxyl groups excluding tert-OH is 1. The summed E-state index contributed by atoms with van der Waals surface area (Å²) in [6.07, 6.45) is 0. The van der Waals surface area contributed by atoms with Crippen LogP contribution in [0.4, 0.5) is 5.82 Å². The van der Waals surface area contributed by atoms with Crippen LogP contribution in [-0.2, 0) is 4.74 Å². The number of benzene rings is 1. The number of anilines is 1. The molecule has 1 heterocycles. The first kappa shape index (κ1) is 14.2. The first-order valence-corrected chi connectivity index (χ1v) is 6.28. The Labute approximate surface area is 116 Å². The molecule has 0 saturated carbocycles. The van der Waals surface area contributed by atoms with Crippen molar-refractivity contribution < 1.29 is 19.7 Å². The van der Waals surface area contributed by atoms with Gasteiger partial charge in [0.2, 0.25) is 0 Å². The maximum absolute atomic E-state index is 11.1. The van der Waals surface area contributed by atoms with Crippen molar-refractivity contribution in [1.82, 2.24) is 4.98 Å². The summed E-state index contributed by atoms with van der Waals surface area (Å²) in [5.41, 5.74) is 0.00229. The third-order valence-electron chi connectivity index (χ3n) is 2.73. The van der Waals surface area contributed by atoms with Crippen molar-refractivity contribution in [3.63, 3.8) is 0 Å². The fourth-order valence-electron chi connectivity index (χ4n) is 1.85. The minimum absolute atomic E-state index is 0.00229. The van der Waals surface area contributed by atoms with Crippen LogP contribution in [0.15, 0.2) is 30.3 Å². The molecule has 1 aromatic heterocycles. The Kier molecular flexibility index (Phi) is 4.86. The van der Waals surface area contributed by atoms with E-state index in [1.54, 1.807) is 6.07 Å². The van der Waals surface area contributed by atoms with Gasteiger partial charge in [-0.2, -0.15) is 0 Å². The minimum Gasteiger partial charge on any atom is -0.477 e. The zero-order valence-corrected chi connectivity index (χ0v) is 10.9. The first-order valence-electron chi connectivity index (χ1n) is 6.28. The number of aliphatic hydroxyl groups is 1. The number of carbonyl (C=O) groups is 1. The number of ether oxygens (including phenoxy) is 1. The molecular formula is C14H16N2O4. The zero-order chi connectivity index (χ0) is 14.4. The molecule has 0 radical (unpaired) electrons. The van der Waals surface area contributed by atoms with Crippen LogP contribution >= 0.6 is 0 Å². The Morgan fingerprint density at radius 3 is 2.85 bits per heavy atom. The van der Waals surface area contributed by atoms with Crippen molar-refractivity contribution in [2.45, 2.75) is 0 Å². The summed E-state index contributed by atoms with van der Waals surface area (Å²) in [7, 11) is 0. The van der Waals surface area contributed by atoms with E-state index in [4.69, 9.17) is 14.9 Å². The molecule has 2 rings (SSSR count). The van der Waals surface area contributed by atoms with E-state index >= 15 is 0 Å². The third-order valence-corrected chi connectivity index (χ3v) is 2.73. The van der Waals surface area contributed by atoms with Gasteiger partial charge in [-0.05, 0) is 11.5 Å². The molecule has 0 saturated heterocycles. The molecule has 3 N–H and O–H groups in total. The quantitative estimate of drug-likeness (QED) is 0.661. The number of rotatable bonds is 7. The lowest BCUT2D eigenvalue weighted by Gasteiger charge is -2.10. The van der Waals surface area contributed by atoms with E-state index in [1.807, 2.05) is 24.3 Å². The Hall–Kier alpha value is -2.18. The number of hydrogen-bond donors (Lipinski definition) is 3. The van der Waals surface area contributed by atoms with Gasteiger partial charge in [0.1, 0.15) is 5.82 Å². The van der Waals surface area contributed by atoms with Gasteiger partial charge in [-0.25, -0.2) is 9.78 Å². The molecule has 6 nitrogen and oxygen atoms in total. The Bertz CT molecular complexity index is 601. The summed E-state index contributed by atoms with van der Waals surface area (Å²) >= 11 is 0. The fourth-order valence-corrected chi connectivity index (χ4v) is 1.85. The monoisotopic (exact) mass is 276 g/mol. The van der Waals surface area contributed by atoms with Gasteiger partial charge in [0.25, 0.3) is 0 Å². The lowest BCUT2D eigenvalue weighted by molar-refractivity contribution is 0.0691. The largest absolute Gasteiger partial charge is 0.477 e. The van der Waals surface area contributed by atoms with Crippen molar-refractivity contribution in [2.75, 3.05) is 31.7 Å². The van der Waals surface area contributed by atoms with Gasteiger partial charge in [0, 0.05) is 11.9 Å². The third kappa shape index (κ3) is 3.43. The number of carboxylic acids is 1. The average molecular weight is 276 g/mol. The van der Waals surface area contributed by atoms with Gasteiger partial charge in [-0.3, -0.25) is 0 Å². The SMILES string of the molecule is O=C(O)c1cc2ccccc2c(NCCOCCO)n1. The smallest absolute Gasteiger partial charge is 0.354 e. The van der Waals surface area contributed by atoms with E-state index in [0.29, 0.717) is 19.0 Å². The normalized spacial score (nSPS) is 10.7. The number of carboxylic acid groups (broad SMARTS) is 1. The van der Waals surface area contributed by atoms with Crippen molar-refractivity contribution in [1.29, 1.82) is 0 Å². The number of hydrogen-bond acceptors (Lipinski definition) is 5. The standard InChI is InChI=1S/C14H16N2O4/c17-6-8-20-7-5-15-13-11-4-2-1-3-10(11)9-12(16-13)14(18)19/h1-4,9,17H,5-8H2,(H,15,16)(H,18,19). The second-order valence-electron chi connectivity index (χ2n) is 4.15. The molecule has 106 valence electrons. The van der Waals surface area contributed by atoms with E-state index in [0.717, 1.165) is 10.8 Å². The molecular weight excluding hydrogens is 260 g/mol. The summed E-state index contributed by atoms with van der Waals surface area (Å²) in [5, 5.41) is 22.4. The molecule has 2 aromatic rings. The van der Waals surface area contributed by atoms with Crippen molar-refractivity contribution >= 4 is 22.6 Å². The molecule has 0 spiro atoms. The van der Waals surface area contributed by atoms with E-state index < -0.39 is 5.97 Å². The minimum atomic E-state index is -1.06. The van der Waals surface area contributed by atoms with Crippen LogP contribution in [0.5, 0.6) is 0 Å². The second-order valence-corrected chi connectivity index (χ2v) is 4.15. The van der Waals surface area contributed by atoms with Crippen LogP contribution in [0.25, 0.3) is 10.8 Å². The Morgan fingerprint density at radius 1 is 1.30 bits per heavy atom. The van der Waals surface area contributed by atoms with Gasteiger partial charge >= 0.3 is 5.97 Å². The number of nitrogens with zero attached hydrogens (tertiary/aromatic N) is 1. The molecule has 0 unspecified atom stereocenters. The Morgan fingerprint density at radius 2 is 2.10 bits per heavy atom. The van der Waals surface area contributed by atoms with Crippen LogP contribution in [0.1, 0.15) is 10.5 Å². The Balaban J connectivity index is 2.19. The summed E-state index contributed by atoms with van der Waals surface area (Å²) in [6, 6.07) is 8.99. The van der Waals surface area contributed by atoms with Crippen LogP contribution in [0.2, 0.25) is 0 Å². The number of fused-ring (bicyclic) bond motifs is 1. The predicted molar refractivity (Wildman–Crippen MR) is 75.1 cm³/mol. The molecule has 0 amide bonds. The number of pyridine rings is 1. The zero-order valence-electron chi connectivity index (χ0n) is 10.9. The average Bonchev–Trinajstić information content (AvgIpc) is 2.46. The maximum atomic E-state index is 11.1. The van der Waals surface area contributed by atoms with E-state index in [2.05, 4.69) is 10.3 Å². The van der Waals surface area contributed by atoms with Gasteiger partial charge in [0.05, 0.1) is 19.8 Å². The molecule has 6 heteroatoms. The van der Waals surface area contributed by atoms with E-state index in [1.165, 1.54) is 0 Å². The first-order chi connectivity index (χ1) is 9.72. The molecule has 0 bridgehead atoms. The fraction of sp³-hybridized carbons (Fsp3) is 0.286. The molecule has 0 fully saturated rings. The van der Waals surface area contributed by atoms with Crippen LogP contribution in [-0.4, -0.2) is 47.5 Å². The number of nitrogens with one attached hydrogen (secondary N) is 1. The summed E-state index contributed by atoms with van der Waals surface area (Å²) in [5.74, 6) is -0.538. The van der Waals surface area contributed by atoms with E-state index in [9.17, 15) is 4.79 Å². The number of aromatic carboxylic acids is 1. The number of aromatic nitrogens is 1. The maximum Gasteiger partial charge on any atom is 0.354 e. The van der Waals surface area contributed by atoms with Crippen molar-refractivity contribution in [3.05, 3.63) is 36.0 Å². The van der Waals surface area contributed by atoms with Gasteiger partial charge in [0.15, 0.2) is 5.69 Å². The van der Waals surface area contributed by atoms with Crippen LogP contribution in [0.3, 0.4) is 0 Å². The predicted octanol–water partition coefficient (Wildman–Crippen LogP) is 1.35. The van der Waals surface area contributed by atoms with Crippen LogP contribution in [0, 0.1) is 0 Å². The highest BCUT2D eigenvalue weighted by Gasteiger charge is 2.10. The molecule has 0 aliphatic rings. The second kappa shape index (κ2) is 6.83. The van der Waals surface area contributed by atoms with Gasteiger partial charge in [-0.15, -0.1) is 0 Å². The highest BCUT2D eigenvalue weighted by molar-refractivity contribution is 5.97. The lowest BCUT2D eigenvalue weighted by Crippen LogP contribution is -2.13. The topological polar surface area (TPSA) is 91.7 Å². The highest BCUT2D eigenvalue weighted by atomic mass is 16.5. The summed E-state index contributed by atoms with van der Waals surface area (Å²) < 4.78 is 5.14. The summed E-state index contributed by atoms with van der Waals surface area (Å²) in [4.78, 5) is 15.2. The van der Waals surface area contributed by atoms with Crippen molar-refractivity contribution in [2.24, 2.45) is 0 Å². The molecule has 0 aliphatic carbocycles. The van der Waals surface area contributed by atoms with E-state index in [-0.39, 0.29) is 18.9 Å². The highest BCUT2D eigenvalue weighted by Crippen LogP contribution is 2.22.